The van der Waals surface area contributed by atoms with E-state index >= 15 is 0 Å². The average Bonchev–Trinajstić information content (AvgIpc) is 2.80. The quantitative estimate of drug-likeness (QED) is 0.852. The maximum absolute atomic E-state index is 13.3. The van der Waals surface area contributed by atoms with E-state index in [1.54, 1.807) is 25.2 Å². The van der Waals surface area contributed by atoms with Crippen LogP contribution in [0.3, 0.4) is 0 Å². The normalized spacial score (nSPS) is 12.4. The number of para-hydroxylation sites is 1. The van der Waals surface area contributed by atoms with Crippen LogP contribution in [0.4, 0.5) is 16.1 Å². The number of halogens is 1. The lowest BCUT2D eigenvalue weighted by atomic mass is 10.3. The van der Waals surface area contributed by atoms with Gasteiger partial charge in [-0.3, -0.25) is 0 Å². The molecule has 1 unspecified atom stereocenters. The van der Waals surface area contributed by atoms with Gasteiger partial charge in [-0.05, 0) is 26.1 Å². The molecule has 17 heavy (non-hydrogen) atoms. The van der Waals surface area contributed by atoms with Gasteiger partial charge < -0.3 is 15.1 Å². The molecule has 0 spiro atoms. The number of nitrogens with one attached hydrogen (secondary N) is 2. The molecule has 0 saturated heterocycles. The lowest BCUT2D eigenvalue weighted by molar-refractivity contribution is 0.443. The van der Waals surface area contributed by atoms with Crippen molar-refractivity contribution in [2.45, 2.75) is 13.0 Å². The van der Waals surface area contributed by atoms with E-state index in [9.17, 15) is 4.39 Å². The Morgan fingerprint density at radius 1 is 1.29 bits per heavy atom. The third kappa shape index (κ3) is 2.59. The maximum Gasteiger partial charge on any atom is 0.320 e. The molecule has 2 aromatic rings. The van der Waals surface area contributed by atoms with Crippen molar-refractivity contribution in [3.8, 4) is 0 Å². The zero-order chi connectivity index (χ0) is 12.3. The first kappa shape index (κ1) is 11.5. The predicted octanol–water partition coefficient (Wildman–Crippen LogP) is 2.23. The summed E-state index contributed by atoms with van der Waals surface area (Å²) in [5.41, 5.74) is 0.305. The Kier molecular flexibility index (Phi) is 3.34. The second-order valence-corrected chi connectivity index (χ2v) is 3.56. The summed E-state index contributed by atoms with van der Waals surface area (Å²) >= 11 is 0. The number of benzene rings is 1. The van der Waals surface area contributed by atoms with E-state index in [-0.39, 0.29) is 17.9 Å². The van der Waals surface area contributed by atoms with Gasteiger partial charge in [0.1, 0.15) is 5.82 Å². The predicted molar refractivity (Wildman–Crippen MR) is 61.5 cm³/mol. The molecule has 0 saturated carbocycles. The summed E-state index contributed by atoms with van der Waals surface area (Å²) in [6.07, 6.45) is 0. The van der Waals surface area contributed by atoms with Gasteiger partial charge in [0.05, 0.1) is 11.7 Å². The first-order valence-corrected chi connectivity index (χ1v) is 5.23. The molecule has 1 atom stereocenters. The molecule has 0 fully saturated rings. The van der Waals surface area contributed by atoms with E-state index in [4.69, 9.17) is 4.42 Å². The van der Waals surface area contributed by atoms with Gasteiger partial charge in [-0.2, -0.15) is 0 Å². The van der Waals surface area contributed by atoms with Gasteiger partial charge in [-0.25, -0.2) is 4.39 Å². The molecular formula is C11H13FN4O. The van der Waals surface area contributed by atoms with Gasteiger partial charge in [0.15, 0.2) is 0 Å². The van der Waals surface area contributed by atoms with Crippen LogP contribution in [0.1, 0.15) is 18.9 Å². The molecule has 2 rings (SSSR count). The Hall–Kier alpha value is -1.95. The Balaban J connectivity index is 2.14. The summed E-state index contributed by atoms with van der Waals surface area (Å²) in [6.45, 7) is 1.89. The van der Waals surface area contributed by atoms with Crippen molar-refractivity contribution in [1.29, 1.82) is 0 Å². The number of nitrogens with zero attached hydrogens (tertiary/aromatic N) is 2. The molecule has 1 aromatic carbocycles. The van der Waals surface area contributed by atoms with Crippen LogP contribution < -0.4 is 10.6 Å². The summed E-state index contributed by atoms with van der Waals surface area (Å²) in [5, 5.41) is 13.3. The number of anilines is 2. The van der Waals surface area contributed by atoms with Crippen LogP contribution in [0.25, 0.3) is 0 Å². The van der Waals surface area contributed by atoms with Crippen molar-refractivity contribution in [2.75, 3.05) is 12.4 Å². The van der Waals surface area contributed by atoms with Crippen LogP contribution in [-0.4, -0.2) is 17.2 Å². The van der Waals surface area contributed by atoms with Crippen molar-refractivity contribution in [1.82, 2.24) is 15.5 Å². The monoisotopic (exact) mass is 236 g/mol. The molecule has 6 heteroatoms. The SMILES string of the molecule is CNC(C)c1nnc(Nc2ccccc2F)o1. The minimum Gasteiger partial charge on any atom is -0.406 e. The lowest BCUT2D eigenvalue weighted by Crippen LogP contribution is -2.12. The Labute approximate surface area is 98.1 Å². The number of rotatable bonds is 4. The topological polar surface area (TPSA) is 63.0 Å². The van der Waals surface area contributed by atoms with Crippen molar-refractivity contribution >= 4 is 11.7 Å². The molecular weight excluding hydrogens is 223 g/mol. The van der Waals surface area contributed by atoms with E-state index < -0.39 is 0 Å². The zero-order valence-electron chi connectivity index (χ0n) is 9.57. The van der Waals surface area contributed by atoms with E-state index in [1.807, 2.05) is 6.92 Å². The zero-order valence-corrected chi connectivity index (χ0v) is 9.57. The fourth-order valence-corrected chi connectivity index (χ4v) is 1.26. The first-order valence-electron chi connectivity index (χ1n) is 5.23. The summed E-state index contributed by atoms with van der Waals surface area (Å²) in [5.74, 6) is 0.0836. The third-order valence-electron chi connectivity index (χ3n) is 2.36. The molecule has 1 heterocycles. The van der Waals surface area contributed by atoms with Gasteiger partial charge in [0.2, 0.25) is 5.89 Å². The van der Waals surface area contributed by atoms with Gasteiger partial charge in [0.25, 0.3) is 0 Å². The van der Waals surface area contributed by atoms with Crippen LogP contribution in [-0.2, 0) is 0 Å². The van der Waals surface area contributed by atoms with Crippen LogP contribution >= 0.6 is 0 Å². The minimum atomic E-state index is -0.367. The molecule has 0 aliphatic heterocycles. The molecule has 1 aromatic heterocycles. The molecule has 2 N–H and O–H groups in total. The Bertz CT molecular complexity index is 500. The highest BCUT2D eigenvalue weighted by atomic mass is 19.1. The molecule has 90 valence electrons. The van der Waals surface area contributed by atoms with E-state index in [2.05, 4.69) is 20.8 Å². The summed E-state index contributed by atoms with van der Waals surface area (Å²) in [6, 6.07) is 6.42. The highest BCUT2D eigenvalue weighted by molar-refractivity contribution is 5.52. The van der Waals surface area contributed by atoms with Crippen LogP contribution in [0.15, 0.2) is 28.7 Å². The maximum atomic E-state index is 13.3. The summed E-state index contributed by atoms with van der Waals surface area (Å²) in [4.78, 5) is 0. The van der Waals surface area contributed by atoms with Crippen LogP contribution in [0, 0.1) is 5.82 Å². The van der Waals surface area contributed by atoms with E-state index in [1.165, 1.54) is 6.07 Å². The van der Waals surface area contributed by atoms with Crippen molar-refractivity contribution in [2.24, 2.45) is 0 Å². The smallest absolute Gasteiger partial charge is 0.320 e. The van der Waals surface area contributed by atoms with Crippen LogP contribution in [0.2, 0.25) is 0 Å². The Morgan fingerprint density at radius 3 is 2.76 bits per heavy atom. The third-order valence-corrected chi connectivity index (χ3v) is 2.36. The highest BCUT2D eigenvalue weighted by Crippen LogP contribution is 2.20. The highest BCUT2D eigenvalue weighted by Gasteiger charge is 2.12. The van der Waals surface area contributed by atoms with Gasteiger partial charge in [0, 0.05) is 0 Å². The molecule has 0 aliphatic rings. The van der Waals surface area contributed by atoms with Crippen LogP contribution in [0.5, 0.6) is 0 Å². The second-order valence-electron chi connectivity index (χ2n) is 3.56. The minimum absolute atomic E-state index is 0.0429. The fourth-order valence-electron chi connectivity index (χ4n) is 1.26. The second kappa shape index (κ2) is 4.92. The summed E-state index contributed by atoms with van der Waals surface area (Å²) < 4.78 is 18.7. The number of hydrogen-bond donors (Lipinski definition) is 2. The largest absolute Gasteiger partial charge is 0.406 e. The average molecular weight is 236 g/mol. The molecule has 5 nitrogen and oxygen atoms in total. The van der Waals surface area contributed by atoms with Crippen molar-refractivity contribution in [3.05, 3.63) is 36.0 Å². The number of hydrogen-bond acceptors (Lipinski definition) is 5. The fraction of sp³-hybridized carbons (Fsp3) is 0.273. The summed E-state index contributed by atoms with van der Waals surface area (Å²) in [7, 11) is 1.79. The van der Waals surface area contributed by atoms with Crippen molar-refractivity contribution in [3.63, 3.8) is 0 Å². The van der Waals surface area contributed by atoms with Gasteiger partial charge >= 0.3 is 6.01 Å². The van der Waals surface area contributed by atoms with E-state index in [0.717, 1.165) is 0 Å². The van der Waals surface area contributed by atoms with Gasteiger partial charge in [-0.15, -0.1) is 5.10 Å². The van der Waals surface area contributed by atoms with Crippen molar-refractivity contribution < 1.29 is 8.81 Å². The molecule has 0 amide bonds. The van der Waals surface area contributed by atoms with Gasteiger partial charge in [-0.1, -0.05) is 17.2 Å². The Morgan fingerprint density at radius 2 is 2.06 bits per heavy atom. The van der Waals surface area contributed by atoms with E-state index in [0.29, 0.717) is 11.6 Å². The lowest BCUT2D eigenvalue weighted by Gasteiger charge is -2.03. The molecule has 0 bridgehead atoms. The molecule has 0 radical (unpaired) electrons. The molecule has 0 aliphatic carbocycles. The first-order chi connectivity index (χ1) is 8.20. The number of aromatic nitrogens is 2. The standard InChI is InChI=1S/C11H13FN4O/c1-7(13-2)10-15-16-11(17-10)14-9-6-4-3-5-8(9)12/h3-7,13H,1-2H3,(H,14,16).